The maximum Gasteiger partial charge on any atom is 0.413 e. The van der Waals surface area contributed by atoms with Gasteiger partial charge in [0.25, 0.3) is 0 Å². The highest BCUT2D eigenvalue weighted by Crippen LogP contribution is 2.28. The van der Waals surface area contributed by atoms with Crippen molar-refractivity contribution < 1.29 is 19.1 Å². The van der Waals surface area contributed by atoms with Gasteiger partial charge in [-0.2, -0.15) is 0 Å². The molecule has 0 heterocycles. The molecule has 0 saturated heterocycles. The summed E-state index contributed by atoms with van der Waals surface area (Å²) in [4.78, 5) is 28.8. The van der Waals surface area contributed by atoms with E-state index in [4.69, 9.17) is 15.2 Å². The van der Waals surface area contributed by atoms with E-state index in [1.54, 1.807) is 0 Å². The second-order valence-electron chi connectivity index (χ2n) is 9.99. The van der Waals surface area contributed by atoms with E-state index in [9.17, 15) is 9.59 Å². The number of carbonyl (C=O) groups excluding carboxylic acids is 2. The Hall–Kier alpha value is -1.63. The van der Waals surface area contributed by atoms with Gasteiger partial charge in [0.2, 0.25) is 0 Å². The first kappa shape index (κ1) is 25.4. The molecule has 1 fully saturated rings. The summed E-state index contributed by atoms with van der Waals surface area (Å²) in [6.07, 6.45) is 5.40. The lowest BCUT2D eigenvalue weighted by Gasteiger charge is -2.27. The Balaban J connectivity index is 2.64. The third kappa shape index (κ3) is 12.5. The van der Waals surface area contributed by atoms with Crippen molar-refractivity contribution in [1.82, 2.24) is 5.32 Å². The van der Waals surface area contributed by atoms with Crippen LogP contribution in [0.1, 0.15) is 86.5 Å². The molecule has 7 nitrogen and oxygen atoms in total. The summed E-state index contributed by atoms with van der Waals surface area (Å²) in [6.45, 7) is 12.4. The number of amidine groups is 1. The Labute approximate surface area is 176 Å². The molecule has 1 amide bonds. The number of nitrogens with one attached hydrogen (secondary N) is 1. The van der Waals surface area contributed by atoms with Gasteiger partial charge in [-0.3, -0.25) is 15.1 Å². The van der Waals surface area contributed by atoms with Gasteiger partial charge in [-0.15, -0.1) is 0 Å². The monoisotopic (exact) mass is 411 g/mol. The van der Waals surface area contributed by atoms with Gasteiger partial charge < -0.3 is 15.2 Å². The number of hydrogen-bond donors (Lipinski definition) is 2. The lowest BCUT2D eigenvalue weighted by molar-refractivity contribution is -0.154. The van der Waals surface area contributed by atoms with Crippen molar-refractivity contribution in [2.24, 2.45) is 22.6 Å². The number of esters is 1. The number of ether oxygens (including phenoxy) is 2. The molecule has 0 aromatic carbocycles. The highest BCUT2D eigenvalue weighted by molar-refractivity contribution is 5.95. The van der Waals surface area contributed by atoms with E-state index >= 15 is 0 Å². The molecule has 1 aliphatic rings. The number of amides is 1. The predicted octanol–water partition coefficient (Wildman–Crippen LogP) is 4.19. The number of nitrogens with two attached hydrogens (primary N) is 1. The van der Waals surface area contributed by atoms with Crippen molar-refractivity contribution in [2.45, 2.75) is 97.7 Å². The zero-order chi connectivity index (χ0) is 22.1. The van der Waals surface area contributed by atoms with Gasteiger partial charge in [-0.25, -0.2) is 4.79 Å². The first-order chi connectivity index (χ1) is 13.4. The molecule has 7 heteroatoms. The number of rotatable bonds is 7. The molecule has 0 aliphatic heterocycles. The number of aliphatic imine (C=N–C) groups is 1. The van der Waals surface area contributed by atoms with Crippen LogP contribution >= 0.6 is 0 Å². The number of nitrogens with zero attached hydrogens (tertiary/aromatic N) is 1. The van der Waals surface area contributed by atoms with Crippen LogP contribution < -0.4 is 11.1 Å². The van der Waals surface area contributed by atoms with E-state index < -0.39 is 17.3 Å². The Morgan fingerprint density at radius 1 is 1.00 bits per heavy atom. The Kier molecular flexibility index (Phi) is 10.1. The third-order valence-corrected chi connectivity index (χ3v) is 4.62. The highest BCUT2D eigenvalue weighted by Gasteiger charge is 2.22. The molecular weight excluding hydrogens is 370 g/mol. The quantitative estimate of drug-likeness (QED) is 0.371. The Morgan fingerprint density at radius 2 is 1.62 bits per heavy atom. The van der Waals surface area contributed by atoms with Crippen LogP contribution in [0.2, 0.25) is 0 Å². The molecule has 0 aromatic heterocycles. The molecule has 29 heavy (non-hydrogen) atoms. The van der Waals surface area contributed by atoms with Crippen molar-refractivity contribution in [3.63, 3.8) is 0 Å². The minimum absolute atomic E-state index is 0.243. The second-order valence-corrected chi connectivity index (χ2v) is 9.99. The zero-order valence-corrected chi connectivity index (χ0v) is 19.2. The maximum absolute atomic E-state index is 12.2. The predicted molar refractivity (Wildman–Crippen MR) is 116 cm³/mol. The van der Waals surface area contributed by atoms with Crippen LogP contribution in [-0.4, -0.2) is 42.2 Å². The van der Waals surface area contributed by atoms with Gasteiger partial charge >= 0.3 is 12.1 Å². The second kappa shape index (κ2) is 11.5. The van der Waals surface area contributed by atoms with Gasteiger partial charge in [0.1, 0.15) is 17.0 Å². The van der Waals surface area contributed by atoms with Crippen LogP contribution in [0.15, 0.2) is 4.99 Å². The molecule has 0 aromatic rings. The molecule has 0 bridgehead atoms. The Morgan fingerprint density at radius 3 is 2.21 bits per heavy atom. The van der Waals surface area contributed by atoms with Crippen LogP contribution in [0.25, 0.3) is 0 Å². The van der Waals surface area contributed by atoms with Gasteiger partial charge in [-0.1, -0.05) is 6.42 Å². The van der Waals surface area contributed by atoms with E-state index in [0.717, 1.165) is 19.4 Å². The molecule has 0 spiro atoms. The summed E-state index contributed by atoms with van der Waals surface area (Å²) in [5.41, 5.74) is 4.75. The fourth-order valence-electron chi connectivity index (χ4n) is 3.42. The molecule has 2 atom stereocenters. The molecule has 1 aliphatic carbocycles. The lowest BCUT2D eigenvalue weighted by atomic mass is 9.81. The fraction of sp³-hybridized carbons (Fsp3) is 0.864. The zero-order valence-electron chi connectivity index (χ0n) is 19.2. The Bertz CT molecular complexity index is 561. The third-order valence-electron chi connectivity index (χ3n) is 4.62. The number of alkyl carbamates (subject to hydrolysis) is 1. The summed E-state index contributed by atoms with van der Waals surface area (Å²) < 4.78 is 10.7. The van der Waals surface area contributed by atoms with Crippen molar-refractivity contribution in [3.05, 3.63) is 0 Å². The van der Waals surface area contributed by atoms with Crippen molar-refractivity contribution >= 4 is 17.9 Å². The van der Waals surface area contributed by atoms with Gasteiger partial charge in [0, 0.05) is 19.4 Å². The SMILES string of the molecule is CC(C)(C)OC(=O)CCCC(=NCC1CCCC(CN)C1)NC(=O)OC(C)(C)C. The van der Waals surface area contributed by atoms with Crippen molar-refractivity contribution in [3.8, 4) is 0 Å². The van der Waals surface area contributed by atoms with Crippen LogP contribution in [0.5, 0.6) is 0 Å². The minimum atomic E-state index is -0.580. The molecule has 2 unspecified atom stereocenters. The number of carbonyl (C=O) groups is 2. The molecule has 1 saturated carbocycles. The molecule has 3 N–H and O–H groups in total. The largest absolute Gasteiger partial charge is 0.460 e. The lowest BCUT2D eigenvalue weighted by Crippen LogP contribution is -2.37. The highest BCUT2D eigenvalue weighted by atomic mass is 16.6. The molecule has 1 rings (SSSR count). The van der Waals surface area contributed by atoms with E-state index in [1.807, 2.05) is 41.5 Å². The van der Waals surface area contributed by atoms with Gasteiger partial charge in [0.15, 0.2) is 0 Å². The summed E-state index contributed by atoms with van der Waals surface area (Å²) >= 11 is 0. The minimum Gasteiger partial charge on any atom is -0.460 e. The van der Waals surface area contributed by atoms with Crippen molar-refractivity contribution in [1.29, 1.82) is 0 Å². The normalized spacial score (nSPS) is 20.9. The summed E-state index contributed by atoms with van der Waals surface area (Å²) in [6, 6.07) is 0. The van der Waals surface area contributed by atoms with E-state index in [1.165, 1.54) is 12.8 Å². The van der Waals surface area contributed by atoms with Crippen LogP contribution in [-0.2, 0) is 14.3 Å². The van der Waals surface area contributed by atoms with Gasteiger partial charge in [0.05, 0.1) is 0 Å². The van der Waals surface area contributed by atoms with Crippen LogP contribution in [0, 0.1) is 11.8 Å². The van der Waals surface area contributed by atoms with E-state index in [2.05, 4.69) is 10.3 Å². The van der Waals surface area contributed by atoms with Gasteiger partial charge in [-0.05, 0) is 85.6 Å². The standard InChI is InChI=1S/C22H41N3O4/c1-21(2,3)28-19(26)12-8-11-18(25-20(27)29-22(4,5)6)24-15-17-10-7-9-16(13-17)14-23/h16-17H,7-15,23H2,1-6H3,(H,24,25,27). The number of hydrogen-bond acceptors (Lipinski definition) is 6. The van der Waals surface area contributed by atoms with Crippen LogP contribution in [0.3, 0.4) is 0 Å². The maximum atomic E-state index is 12.2. The van der Waals surface area contributed by atoms with Crippen LogP contribution in [0.4, 0.5) is 4.79 Å². The molecular formula is C22H41N3O4. The summed E-state index contributed by atoms with van der Waals surface area (Å²) in [7, 11) is 0. The molecule has 0 radical (unpaired) electrons. The van der Waals surface area contributed by atoms with Crippen molar-refractivity contribution in [2.75, 3.05) is 13.1 Å². The smallest absolute Gasteiger partial charge is 0.413 e. The molecule has 168 valence electrons. The summed E-state index contributed by atoms with van der Waals surface area (Å²) in [5, 5.41) is 2.77. The summed E-state index contributed by atoms with van der Waals surface area (Å²) in [5.74, 6) is 1.38. The first-order valence-corrected chi connectivity index (χ1v) is 10.8. The first-order valence-electron chi connectivity index (χ1n) is 10.8. The van der Waals surface area contributed by atoms with E-state index in [-0.39, 0.29) is 12.4 Å². The fourth-order valence-corrected chi connectivity index (χ4v) is 3.42. The average Bonchev–Trinajstić information content (AvgIpc) is 2.56. The topological polar surface area (TPSA) is 103 Å². The average molecular weight is 412 g/mol. The van der Waals surface area contributed by atoms with E-state index in [0.29, 0.717) is 37.1 Å².